The van der Waals surface area contributed by atoms with Crippen molar-refractivity contribution in [1.82, 2.24) is 9.78 Å². The molecule has 0 fully saturated rings. The number of carboxylic acid groups (broad SMARTS) is 1. The number of nitrogens with zero attached hydrogens (tertiary/aromatic N) is 1. The summed E-state index contributed by atoms with van der Waals surface area (Å²) in [6, 6.07) is 7.20. The molecule has 5 nitrogen and oxygen atoms in total. The number of hydrogen-bond acceptors (Lipinski definition) is 2. The first-order valence-corrected chi connectivity index (χ1v) is 4.70. The first-order valence-electron chi connectivity index (χ1n) is 4.70. The minimum absolute atomic E-state index is 0.263. The molecule has 0 atom stereocenters. The van der Waals surface area contributed by atoms with Crippen molar-refractivity contribution < 1.29 is 9.90 Å². The number of nitrogens with one attached hydrogen (secondary N) is 1. The Morgan fingerprint density at radius 2 is 1.94 bits per heavy atom. The molecule has 1 aromatic carbocycles. The molecule has 1 aromatic heterocycles. The Balaban J connectivity index is 2.53. The number of aromatic nitrogens is 2. The van der Waals surface area contributed by atoms with Gasteiger partial charge >= 0.3 is 5.97 Å². The zero-order valence-electron chi connectivity index (χ0n) is 8.60. The molecular weight excluding hydrogens is 208 g/mol. The van der Waals surface area contributed by atoms with Crippen molar-refractivity contribution in [3.05, 3.63) is 51.9 Å². The molecule has 0 aliphatic heterocycles. The van der Waals surface area contributed by atoms with Gasteiger partial charge < -0.3 is 5.11 Å². The number of carbonyl (C=O) groups is 1. The second-order valence-electron chi connectivity index (χ2n) is 3.47. The number of hydrogen-bond donors (Lipinski definition) is 2. The fourth-order valence-corrected chi connectivity index (χ4v) is 1.41. The van der Waals surface area contributed by atoms with Gasteiger partial charge in [0.05, 0.1) is 5.69 Å². The SMILES string of the molecule is Cc1ccc(-n2[nH]cc(C(=O)O)c2=O)cc1. The van der Waals surface area contributed by atoms with Gasteiger partial charge in [0.15, 0.2) is 0 Å². The normalized spacial score (nSPS) is 10.3. The number of carboxylic acids is 1. The zero-order chi connectivity index (χ0) is 11.7. The maximum atomic E-state index is 11.6. The van der Waals surface area contributed by atoms with Gasteiger partial charge in [-0.1, -0.05) is 17.7 Å². The third-order valence-corrected chi connectivity index (χ3v) is 2.29. The summed E-state index contributed by atoms with van der Waals surface area (Å²) in [4.78, 5) is 22.3. The third-order valence-electron chi connectivity index (χ3n) is 2.29. The van der Waals surface area contributed by atoms with E-state index in [1.165, 1.54) is 10.9 Å². The first kappa shape index (κ1) is 10.2. The second kappa shape index (κ2) is 3.69. The molecule has 16 heavy (non-hydrogen) atoms. The van der Waals surface area contributed by atoms with E-state index in [-0.39, 0.29) is 5.56 Å². The number of benzene rings is 1. The number of aromatic amines is 1. The van der Waals surface area contributed by atoms with Gasteiger partial charge in [0, 0.05) is 6.20 Å². The maximum absolute atomic E-state index is 11.6. The lowest BCUT2D eigenvalue weighted by atomic mass is 10.2. The van der Waals surface area contributed by atoms with E-state index < -0.39 is 11.5 Å². The van der Waals surface area contributed by atoms with Crippen LogP contribution in [0.4, 0.5) is 0 Å². The lowest BCUT2D eigenvalue weighted by Crippen LogP contribution is -2.19. The standard InChI is InChI=1S/C11H10N2O3/c1-7-2-4-8(5-3-7)13-10(14)9(6-12-13)11(15)16/h2-6,12H,1H3,(H,15,16). The summed E-state index contributed by atoms with van der Waals surface area (Å²) >= 11 is 0. The number of aromatic carboxylic acids is 1. The summed E-state index contributed by atoms with van der Waals surface area (Å²) in [5.41, 5.74) is 0.863. The summed E-state index contributed by atoms with van der Waals surface area (Å²) in [5, 5.41) is 11.4. The van der Waals surface area contributed by atoms with Crippen LogP contribution in [0.1, 0.15) is 15.9 Å². The van der Waals surface area contributed by atoms with E-state index in [0.717, 1.165) is 5.56 Å². The molecule has 1 heterocycles. The smallest absolute Gasteiger partial charge is 0.342 e. The van der Waals surface area contributed by atoms with Crippen LogP contribution in [0.3, 0.4) is 0 Å². The molecule has 2 N–H and O–H groups in total. The fourth-order valence-electron chi connectivity index (χ4n) is 1.41. The van der Waals surface area contributed by atoms with Crippen LogP contribution in [-0.2, 0) is 0 Å². The van der Waals surface area contributed by atoms with E-state index in [1.54, 1.807) is 12.1 Å². The van der Waals surface area contributed by atoms with Gasteiger partial charge in [-0.25, -0.2) is 9.48 Å². The largest absolute Gasteiger partial charge is 0.477 e. The average Bonchev–Trinajstić information content (AvgIpc) is 2.61. The molecule has 0 spiro atoms. The highest BCUT2D eigenvalue weighted by molar-refractivity contribution is 5.86. The van der Waals surface area contributed by atoms with E-state index in [4.69, 9.17) is 5.11 Å². The van der Waals surface area contributed by atoms with Gasteiger partial charge in [0.1, 0.15) is 5.56 Å². The molecule has 2 aromatic rings. The number of rotatable bonds is 2. The van der Waals surface area contributed by atoms with Gasteiger partial charge in [0.2, 0.25) is 0 Å². The maximum Gasteiger partial charge on any atom is 0.342 e. The number of aryl methyl sites for hydroxylation is 1. The molecule has 5 heteroatoms. The van der Waals surface area contributed by atoms with Crippen LogP contribution in [0.15, 0.2) is 35.3 Å². The van der Waals surface area contributed by atoms with E-state index in [0.29, 0.717) is 5.69 Å². The van der Waals surface area contributed by atoms with Crippen LogP contribution >= 0.6 is 0 Å². The Kier molecular flexibility index (Phi) is 2.36. The molecule has 0 aliphatic rings. The average molecular weight is 218 g/mol. The topological polar surface area (TPSA) is 75.1 Å². The van der Waals surface area contributed by atoms with Crippen molar-refractivity contribution in [1.29, 1.82) is 0 Å². The van der Waals surface area contributed by atoms with Gasteiger partial charge in [0.25, 0.3) is 5.56 Å². The second-order valence-corrected chi connectivity index (χ2v) is 3.47. The van der Waals surface area contributed by atoms with Crippen LogP contribution in [-0.4, -0.2) is 20.9 Å². The molecular formula is C11H10N2O3. The summed E-state index contributed by atoms with van der Waals surface area (Å²) in [6.07, 6.45) is 1.19. The molecule has 0 bridgehead atoms. The zero-order valence-corrected chi connectivity index (χ0v) is 8.60. The lowest BCUT2D eigenvalue weighted by molar-refractivity contribution is 0.0695. The van der Waals surface area contributed by atoms with E-state index in [2.05, 4.69) is 5.10 Å². The van der Waals surface area contributed by atoms with Crippen molar-refractivity contribution in [2.24, 2.45) is 0 Å². The van der Waals surface area contributed by atoms with E-state index in [1.807, 2.05) is 19.1 Å². The van der Waals surface area contributed by atoms with Gasteiger partial charge in [-0.2, -0.15) is 0 Å². The Hall–Kier alpha value is -2.30. The van der Waals surface area contributed by atoms with Crippen molar-refractivity contribution in [2.45, 2.75) is 6.92 Å². The van der Waals surface area contributed by atoms with Crippen molar-refractivity contribution in [2.75, 3.05) is 0 Å². The summed E-state index contributed by atoms with van der Waals surface area (Å²) in [7, 11) is 0. The monoisotopic (exact) mass is 218 g/mol. The predicted octanol–water partition coefficient (Wildman–Crippen LogP) is 1.17. The summed E-state index contributed by atoms with van der Waals surface area (Å²) < 4.78 is 1.20. The summed E-state index contributed by atoms with van der Waals surface area (Å²) in [6.45, 7) is 1.93. The Morgan fingerprint density at radius 3 is 2.44 bits per heavy atom. The molecule has 2 rings (SSSR count). The third kappa shape index (κ3) is 1.63. The molecule has 0 aliphatic carbocycles. The van der Waals surface area contributed by atoms with Crippen molar-refractivity contribution in [3.8, 4) is 5.69 Å². The Labute approximate surface area is 90.9 Å². The van der Waals surface area contributed by atoms with Crippen LogP contribution in [0.5, 0.6) is 0 Å². The quantitative estimate of drug-likeness (QED) is 0.794. The molecule has 0 amide bonds. The fraction of sp³-hybridized carbons (Fsp3) is 0.0909. The van der Waals surface area contributed by atoms with Crippen LogP contribution < -0.4 is 5.56 Å². The molecule has 0 saturated carbocycles. The van der Waals surface area contributed by atoms with Gasteiger partial charge in [-0.05, 0) is 19.1 Å². The van der Waals surface area contributed by atoms with E-state index in [9.17, 15) is 9.59 Å². The first-order chi connectivity index (χ1) is 7.59. The van der Waals surface area contributed by atoms with Gasteiger partial charge in [-0.3, -0.25) is 9.89 Å². The Morgan fingerprint density at radius 1 is 1.31 bits per heavy atom. The molecule has 0 unspecified atom stereocenters. The minimum Gasteiger partial charge on any atom is -0.477 e. The Bertz CT molecular complexity index is 578. The highest BCUT2D eigenvalue weighted by atomic mass is 16.4. The summed E-state index contributed by atoms with van der Waals surface area (Å²) in [5.74, 6) is -1.23. The highest BCUT2D eigenvalue weighted by Gasteiger charge is 2.13. The minimum atomic E-state index is -1.23. The van der Waals surface area contributed by atoms with Crippen molar-refractivity contribution in [3.63, 3.8) is 0 Å². The van der Waals surface area contributed by atoms with Crippen molar-refractivity contribution >= 4 is 5.97 Å². The van der Waals surface area contributed by atoms with Crippen LogP contribution in [0, 0.1) is 6.92 Å². The number of H-pyrrole nitrogens is 1. The molecule has 82 valence electrons. The highest BCUT2D eigenvalue weighted by Crippen LogP contribution is 2.06. The van der Waals surface area contributed by atoms with Gasteiger partial charge in [-0.15, -0.1) is 0 Å². The van der Waals surface area contributed by atoms with Crippen LogP contribution in [0.2, 0.25) is 0 Å². The van der Waals surface area contributed by atoms with E-state index >= 15 is 0 Å². The predicted molar refractivity (Wildman–Crippen MR) is 58.1 cm³/mol. The lowest BCUT2D eigenvalue weighted by Gasteiger charge is -2.00. The van der Waals surface area contributed by atoms with Crippen LogP contribution in [0.25, 0.3) is 5.69 Å². The molecule has 0 saturated heterocycles. The molecule has 0 radical (unpaired) electrons.